The van der Waals surface area contributed by atoms with Gasteiger partial charge in [-0.1, -0.05) is 17.7 Å². The summed E-state index contributed by atoms with van der Waals surface area (Å²) in [6, 6.07) is 5.43. The molecular formula is C22H27NO5. The molecule has 1 N–H and O–H groups in total. The van der Waals surface area contributed by atoms with Gasteiger partial charge < -0.3 is 19.5 Å². The van der Waals surface area contributed by atoms with Crippen LogP contribution >= 0.6 is 0 Å². The molecule has 0 radical (unpaired) electrons. The fourth-order valence-electron chi connectivity index (χ4n) is 3.22. The number of allylic oxidation sites excluding steroid dienone is 1. The maximum atomic E-state index is 12.1. The minimum atomic E-state index is -0.835. The Morgan fingerprint density at radius 2 is 2.04 bits per heavy atom. The highest BCUT2D eigenvalue weighted by molar-refractivity contribution is 5.90. The second-order valence-corrected chi connectivity index (χ2v) is 6.96. The van der Waals surface area contributed by atoms with Gasteiger partial charge in [0.2, 0.25) is 0 Å². The van der Waals surface area contributed by atoms with Crippen LogP contribution in [0.5, 0.6) is 11.5 Å². The predicted molar refractivity (Wildman–Crippen MR) is 106 cm³/mol. The van der Waals surface area contributed by atoms with Crippen molar-refractivity contribution in [1.29, 1.82) is 0 Å². The van der Waals surface area contributed by atoms with E-state index in [1.807, 2.05) is 6.07 Å². The number of benzene rings is 1. The topological polar surface area (TPSA) is 73.9 Å². The number of fused-ring (bicyclic) bond motifs is 1. The van der Waals surface area contributed by atoms with E-state index in [1.165, 1.54) is 24.5 Å². The molecule has 0 bridgehead atoms. The normalized spacial score (nSPS) is 17.0. The van der Waals surface area contributed by atoms with E-state index in [1.54, 1.807) is 25.1 Å². The van der Waals surface area contributed by atoms with Gasteiger partial charge in [0.1, 0.15) is 13.2 Å². The summed E-state index contributed by atoms with van der Waals surface area (Å²) in [5.74, 6) is 0.507. The van der Waals surface area contributed by atoms with Gasteiger partial charge in [-0.3, -0.25) is 4.79 Å². The summed E-state index contributed by atoms with van der Waals surface area (Å²) in [4.78, 5) is 24.1. The summed E-state index contributed by atoms with van der Waals surface area (Å²) < 4.78 is 16.2. The van der Waals surface area contributed by atoms with Gasteiger partial charge in [-0.2, -0.15) is 0 Å². The Balaban J connectivity index is 1.42. The maximum Gasteiger partial charge on any atom is 0.331 e. The fourth-order valence-corrected chi connectivity index (χ4v) is 3.22. The van der Waals surface area contributed by atoms with Crippen LogP contribution in [-0.4, -0.2) is 37.7 Å². The Kier molecular flexibility index (Phi) is 7.12. The molecule has 150 valence electrons. The molecule has 1 aromatic carbocycles. The van der Waals surface area contributed by atoms with Gasteiger partial charge in [-0.25, -0.2) is 4.79 Å². The number of carbonyl (C=O) groups excluding carboxylic acids is 2. The summed E-state index contributed by atoms with van der Waals surface area (Å²) >= 11 is 0. The molecule has 0 saturated carbocycles. The minimum Gasteiger partial charge on any atom is -0.486 e. The monoisotopic (exact) mass is 385 g/mol. The third kappa shape index (κ3) is 5.87. The summed E-state index contributed by atoms with van der Waals surface area (Å²) in [7, 11) is 0. The molecule has 0 aromatic heterocycles. The molecule has 1 atom stereocenters. The SMILES string of the molecule is C[C@@H](OC(=O)/C=C/c1ccc2c(c1)OCCO2)C(=O)NCCC1=CCCCC1. The summed E-state index contributed by atoms with van der Waals surface area (Å²) in [5.41, 5.74) is 2.19. The number of carbonyl (C=O) groups is 2. The third-order valence-corrected chi connectivity index (χ3v) is 4.77. The van der Waals surface area contributed by atoms with E-state index in [4.69, 9.17) is 14.2 Å². The Hall–Kier alpha value is -2.76. The van der Waals surface area contributed by atoms with E-state index in [-0.39, 0.29) is 5.91 Å². The molecule has 0 fully saturated rings. The van der Waals surface area contributed by atoms with Crippen LogP contribution in [0.15, 0.2) is 35.9 Å². The Morgan fingerprint density at radius 3 is 2.82 bits per heavy atom. The van der Waals surface area contributed by atoms with Gasteiger partial charge in [0.25, 0.3) is 5.91 Å². The van der Waals surface area contributed by atoms with Crippen molar-refractivity contribution in [3.63, 3.8) is 0 Å². The molecule has 2 aliphatic rings. The Labute approximate surface area is 165 Å². The Bertz CT molecular complexity index is 768. The highest BCUT2D eigenvalue weighted by Crippen LogP contribution is 2.31. The van der Waals surface area contributed by atoms with E-state index in [9.17, 15) is 9.59 Å². The van der Waals surface area contributed by atoms with Crippen molar-refractivity contribution in [3.8, 4) is 11.5 Å². The van der Waals surface area contributed by atoms with Crippen molar-refractivity contribution >= 4 is 18.0 Å². The molecule has 1 aliphatic heterocycles. The average Bonchev–Trinajstić information content (AvgIpc) is 2.72. The first kappa shape index (κ1) is 20.0. The Morgan fingerprint density at radius 1 is 1.21 bits per heavy atom. The number of ether oxygens (including phenoxy) is 3. The van der Waals surface area contributed by atoms with E-state index in [2.05, 4.69) is 11.4 Å². The predicted octanol–water partition coefficient (Wildman–Crippen LogP) is 3.41. The number of amides is 1. The molecule has 3 rings (SSSR count). The van der Waals surface area contributed by atoms with Crippen LogP contribution in [0.1, 0.15) is 44.6 Å². The highest BCUT2D eigenvalue weighted by atomic mass is 16.6. The molecule has 1 aromatic rings. The molecule has 6 heteroatoms. The van der Waals surface area contributed by atoms with Crippen LogP contribution in [0.2, 0.25) is 0 Å². The van der Waals surface area contributed by atoms with E-state index < -0.39 is 12.1 Å². The van der Waals surface area contributed by atoms with E-state index >= 15 is 0 Å². The second-order valence-electron chi connectivity index (χ2n) is 6.96. The van der Waals surface area contributed by atoms with Crippen molar-refractivity contribution < 1.29 is 23.8 Å². The number of esters is 1. The summed E-state index contributed by atoms with van der Waals surface area (Å²) in [6.07, 6.45) is 9.95. The van der Waals surface area contributed by atoms with Crippen LogP contribution in [-0.2, 0) is 14.3 Å². The molecule has 6 nitrogen and oxygen atoms in total. The van der Waals surface area contributed by atoms with Crippen LogP contribution in [0.4, 0.5) is 0 Å². The van der Waals surface area contributed by atoms with Crippen LogP contribution in [0.25, 0.3) is 6.08 Å². The fraction of sp³-hybridized carbons (Fsp3) is 0.455. The lowest BCUT2D eigenvalue weighted by atomic mass is 9.97. The second kappa shape index (κ2) is 9.97. The first-order valence-corrected chi connectivity index (χ1v) is 9.86. The first-order chi connectivity index (χ1) is 13.6. The van der Waals surface area contributed by atoms with Crippen molar-refractivity contribution in [2.75, 3.05) is 19.8 Å². The molecule has 1 heterocycles. The summed E-state index contributed by atoms with van der Waals surface area (Å²) in [6.45, 7) is 3.18. The number of hydrogen-bond donors (Lipinski definition) is 1. The lowest BCUT2D eigenvalue weighted by Crippen LogP contribution is -2.36. The third-order valence-electron chi connectivity index (χ3n) is 4.77. The zero-order valence-corrected chi connectivity index (χ0v) is 16.2. The first-order valence-electron chi connectivity index (χ1n) is 9.86. The average molecular weight is 385 g/mol. The minimum absolute atomic E-state index is 0.280. The molecule has 1 amide bonds. The molecule has 0 spiro atoms. The largest absolute Gasteiger partial charge is 0.486 e. The number of hydrogen-bond acceptors (Lipinski definition) is 5. The number of nitrogens with one attached hydrogen (secondary N) is 1. The van der Waals surface area contributed by atoms with E-state index in [0.29, 0.717) is 31.3 Å². The van der Waals surface area contributed by atoms with Gasteiger partial charge in [0.15, 0.2) is 17.6 Å². The maximum absolute atomic E-state index is 12.1. The molecular weight excluding hydrogens is 358 g/mol. The van der Waals surface area contributed by atoms with Crippen molar-refractivity contribution in [2.45, 2.75) is 45.1 Å². The molecule has 28 heavy (non-hydrogen) atoms. The number of rotatable bonds is 7. The lowest BCUT2D eigenvalue weighted by Gasteiger charge is -2.18. The van der Waals surface area contributed by atoms with Crippen LogP contribution in [0, 0.1) is 0 Å². The highest BCUT2D eigenvalue weighted by Gasteiger charge is 2.16. The van der Waals surface area contributed by atoms with Crippen molar-refractivity contribution in [1.82, 2.24) is 5.32 Å². The molecule has 0 unspecified atom stereocenters. The quantitative estimate of drug-likeness (QED) is 0.442. The zero-order valence-electron chi connectivity index (χ0n) is 16.2. The van der Waals surface area contributed by atoms with Crippen LogP contribution in [0.3, 0.4) is 0 Å². The van der Waals surface area contributed by atoms with Gasteiger partial charge >= 0.3 is 5.97 Å². The lowest BCUT2D eigenvalue weighted by molar-refractivity contribution is -0.150. The van der Waals surface area contributed by atoms with Crippen molar-refractivity contribution in [3.05, 3.63) is 41.5 Å². The molecule has 0 saturated heterocycles. The van der Waals surface area contributed by atoms with Crippen molar-refractivity contribution in [2.24, 2.45) is 0 Å². The zero-order chi connectivity index (χ0) is 19.8. The van der Waals surface area contributed by atoms with Gasteiger partial charge in [-0.05, 0) is 62.8 Å². The summed E-state index contributed by atoms with van der Waals surface area (Å²) in [5, 5.41) is 2.83. The van der Waals surface area contributed by atoms with Gasteiger partial charge in [-0.15, -0.1) is 0 Å². The standard InChI is InChI=1S/C22H27NO5/c1-16(22(25)23-12-11-17-5-3-2-4-6-17)28-21(24)10-8-18-7-9-19-20(15-18)27-14-13-26-19/h5,7-10,15-16H,2-4,6,11-14H2,1H3,(H,23,25)/b10-8+/t16-/m1/s1. The van der Waals surface area contributed by atoms with Gasteiger partial charge in [0, 0.05) is 12.6 Å². The van der Waals surface area contributed by atoms with Gasteiger partial charge in [0.05, 0.1) is 0 Å². The van der Waals surface area contributed by atoms with E-state index in [0.717, 1.165) is 24.8 Å². The smallest absolute Gasteiger partial charge is 0.331 e. The molecule has 1 aliphatic carbocycles. The van der Waals surface area contributed by atoms with Crippen LogP contribution < -0.4 is 14.8 Å².